The number of aromatic nitrogens is 2. The van der Waals surface area contributed by atoms with Gasteiger partial charge in [-0.3, -0.25) is 9.48 Å². The van der Waals surface area contributed by atoms with Gasteiger partial charge in [0.2, 0.25) is 0 Å². The predicted molar refractivity (Wildman–Crippen MR) is 87.9 cm³/mol. The average Bonchev–Trinajstić information content (AvgIpc) is 3.23. The lowest BCUT2D eigenvalue weighted by Crippen LogP contribution is -2.31. The third kappa shape index (κ3) is 3.57. The van der Waals surface area contributed by atoms with Crippen LogP contribution in [0.3, 0.4) is 0 Å². The van der Waals surface area contributed by atoms with Crippen molar-refractivity contribution in [2.45, 2.75) is 6.04 Å². The van der Waals surface area contributed by atoms with E-state index in [9.17, 15) is 4.79 Å². The summed E-state index contributed by atoms with van der Waals surface area (Å²) in [6.45, 7) is 0.302. The highest BCUT2D eigenvalue weighted by Crippen LogP contribution is 2.21. The van der Waals surface area contributed by atoms with Crippen molar-refractivity contribution in [2.24, 2.45) is 0 Å². The molecule has 1 unspecified atom stereocenters. The first-order chi connectivity index (χ1) is 11.1. The van der Waals surface area contributed by atoms with Gasteiger partial charge in [0, 0.05) is 24.0 Å². The van der Waals surface area contributed by atoms with Gasteiger partial charge in [-0.2, -0.15) is 5.10 Å². The van der Waals surface area contributed by atoms with Gasteiger partial charge in [0.1, 0.15) is 11.8 Å². The van der Waals surface area contributed by atoms with Crippen LogP contribution >= 0.6 is 23.2 Å². The van der Waals surface area contributed by atoms with Crippen molar-refractivity contribution >= 4 is 29.1 Å². The van der Waals surface area contributed by atoms with Crippen LogP contribution in [0.5, 0.6) is 0 Å². The number of halogens is 2. The Kier molecular flexibility index (Phi) is 4.69. The fourth-order valence-corrected chi connectivity index (χ4v) is 2.60. The van der Waals surface area contributed by atoms with E-state index in [1.807, 2.05) is 18.3 Å². The fraction of sp³-hybridized carbons (Fsp3) is 0.125. The third-order valence-corrected chi connectivity index (χ3v) is 3.91. The topological polar surface area (TPSA) is 60.1 Å². The van der Waals surface area contributed by atoms with Gasteiger partial charge in [0.25, 0.3) is 5.91 Å². The molecule has 118 valence electrons. The Bertz CT molecular complexity index is 752. The van der Waals surface area contributed by atoms with Crippen molar-refractivity contribution in [1.29, 1.82) is 0 Å². The van der Waals surface area contributed by atoms with Gasteiger partial charge < -0.3 is 9.73 Å². The Morgan fingerprint density at radius 3 is 2.87 bits per heavy atom. The minimum absolute atomic E-state index is 0.248. The summed E-state index contributed by atoms with van der Waals surface area (Å²) < 4.78 is 7.16. The van der Waals surface area contributed by atoms with E-state index in [0.29, 0.717) is 27.9 Å². The second kappa shape index (κ2) is 6.89. The van der Waals surface area contributed by atoms with Crippen LogP contribution in [-0.2, 0) is 0 Å². The van der Waals surface area contributed by atoms with Gasteiger partial charge >= 0.3 is 0 Å². The maximum atomic E-state index is 12.3. The zero-order valence-corrected chi connectivity index (χ0v) is 13.5. The molecule has 3 rings (SSSR count). The lowest BCUT2D eigenvalue weighted by molar-refractivity contribution is 0.0948. The summed E-state index contributed by atoms with van der Waals surface area (Å²) in [5.74, 6) is 0.396. The van der Waals surface area contributed by atoms with Crippen LogP contribution in [0.2, 0.25) is 10.0 Å². The SMILES string of the molecule is O=C(NCC(c1ccco1)n1cccn1)c1cc(Cl)ccc1Cl. The Hall–Kier alpha value is -2.24. The molecule has 0 fully saturated rings. The number of carbonyl (C=O) groups excluding carboxylic acids is 1. The molecule has 0 aliphatic heterocycles. The van der Waals surface area contributed by atoms with Crippen molar-refractivity contribution < 1.29 is 9.21 Å². The van der Waals surface area contributed by atoms with Gasteiger partial charge in [-0.25, -0.2) is 0 Å². The Balaban J connectivity index is 1.77. The number of hydrogen-bond acceptors (Lipinski definition) is 3. The molecule has 1 amide bonds. The van der Waals surface area contributed by atoms with E-state index in [2.05, 4.69) is 10.4 Å². The lowest BCUT2D eigenvalue weighted by atomic mass is 10.2. The largest absolute Gasteiger partial charge is 0.467 e. The van der Waals surface area contributed by atoms with E-state index in [4.69, 9.17) is 27.6 Å². The minimum Gasteiger partial charge on any atom is -0.467 e. The molecule has 2 aromatic heterocycles. The normalized spacial score (nSPS) is 12.1. The molecule has 0 aliphatic carbocycles. The van der Waals surface area contributed by atoms with E-state index in [1.54, 1.807) is 35.3 Å². The number of furan rings is 1. The van der Waals surface area contributed by atoms with Crippen LogP contribution in [-0.4, -0.2) is 22.2 Å². The molecule has 7 heteroatoms. The number of rotatable bonds is 5. The van der Waals surface area contributed by atoms with Crippen molar-refractivity contribution in [3.05, 3.63) is 76.4 Å². The van der Waals surface area contributed by atoms with Gasteiger partial charge in [-0.05, 0) is 36.4 Å². The zero-order chi connectivity index (χ0) is 16.2. The molecule has 0 radical (unpaired) electrons. The molecule has 1 aromatic carbocycles. The second-order valence-electron chi connectivity index (χ2n) is 4.85. The molecular formula is C16H13Cl2N3O2. The first kappa shape index (κ1) is 15.6. The Morgan fingerprint density at radius 1 is 1.30 bits per heavy atom. The summed E-state index contributed by atoms with van der Waals surface area (Å²) >= 11 is 12.0. The number of nitrogens with one attached hydrogen (secondary N) is 1. The molecule has 3 aromatic rings. The highest BCUT2D eigenvalue weighted by atomic mass is 35.5. The van der Waals surface area contributed by atoms with E-state index in [0.717, 1.165) is 0 Å². The van der Waals surface area contributed by atoms with Crippen LogP contribution < -0.4 is 5.32 Å². The van der Waals surface area contributed by atoms with Crippen LogP contribution in [0, 0.1) is 0 Å². The summed E-state index contributed by atoms with van der Waals surface area (Å²) in [6.07, 6.45) is 5.07. The molecular weight excluding hydrogens is 337 g/mol. The molecule has 0 bridgehead atoms. The highest BCUT2D eigenvalue weighted by molar-refractivity contribution is 6.35. The maximum Gasteiger partial charge on any atom is 0.252 e. The quantitative estimate of drug-likeness (QED) is 0.761. The van der Waals surface area contributed by atoms with E-state index in [1.165, 1.54) is 6.07 Å². The lowest BCUT2D eigenvalue weighted by Gasteiger charge is -2.16. The van der Waals surface area contributed by atoms with Gasteiger partial charge in [-0.15, -0.1) is 0 Å². The summed E-state index contributed by atoms with van der Waals surface area (Å²) in [5.41, 5.74) is 0.331. The van der Waals surface area contributed by atoms with Crippen LogP contribution in [0.15, 0.2) is 59.5 Å². The Labute approximate surface area is 142 Å². The molecule has 2 heterocycles. The van der Waals surface area contributed by atoms with Crippen LogP contribution in [0.1, 0.15) is 22.2 Å². The van der Waals surface area contributed by atoms with Gasteiger partial charge in [-0.1, -0.05) is 23.2 Å². The first-order valence-corrected chi connectivity index (χ1v) is 7.66. The highest BCUT2D eigenvalue weighted by Gasteiger charge is 2.19. The molecule has 5 nitrogen and oxygen atoms in total. The summed E-state index contributed by atoms with van der Waals surface area (Å²) in [7, 11) is 0. The standard InChI is InChI=1S/C16H13Cl2N3O2/c17-11-4-5-13(18)12(9-11)16(22)19-10-14(15-3-1-8-23-15)21-7-2-6-20-21/h1-9,14H,10H2,(H,19,22). The zero-order valence-electron chi connectivity index (χ0n) is 11.9. The fourth-order valence-electron chi connectivity index (χ4n) is 2.23. The van der Waals surface area contributed by atoms with Gasteiger partial charge in [0.05, 0.1) is 16.8 Å². The Morgan fingerprint density at radius 2 is 2.17 bits per heavy atom. The minimum atomic E-state index is -0.304. The smallest absolute Gasteiger partial charge is 0.252 e. The summed E-state index contributed by atoms with van der Waals surface area (Å²) in [5, 5.41) is 7.85. The van der Waals surface area contributed by atoms with E-state index >= 15 is 0 Å². The molecule has 1 atom stereocenters. The first-order valence-electron chi connectivity index (χ1n) is 6.91. The molecule has 1 N–H and O–H groups in total. The van der Waals surface area contributed by atoms with Crippen molar-refractivity contribution in [3.63, 3.8) is 0 Å². The molecule has 0 saturated heterocycles. The van der Waals surface area contributed by atoms with E-state index in [-0.39, 0.29) is 11.9 Å². The average molecular weight is 350 g/mol. The van der Waals surface area contributed by atoms with Crippen molar-refractivity contribution in [1.82, 2.24) is 15.1 Å². The second-order valence-corrected chi connectivity index (χ2v) is 5.70. The number of carbonyl (C=O) groups is 1. The molecule has 23 heavy (non-hydrogen) atoms. The third-order valence-electron chi connectivity index (χ3n) is 3.34. The molecule has 0 aliphatic rings. The van der Waals surface area contributed by atoms with E-state index < -0.39 is 0 Å². The monoisotopic (exact) mass is 349 g/mol. The van der Waals surface area contributed by atoms with Crippen LogP contribution in [0.4, 0.5) is 0 Å². The number of amides is 1. The van der Waals surface area contributed by atoms with Crippen molar-refractivity contribution in [3.8, 4) is 0 Å². The summed E-state index contributed by atoms with van der Waals surface area (Å²) in [4.78, 5) is 12.3. The maximum absolute atomic E-state index is 12.3. The molecule has 0 spiro atoms. The number of benzene rings is 1. The summed E-state index contributed by atoms with van der Waals surface area (Å²) in [6, 6.07) is 9.96. The molecule has 0 saturated carbocycles. The van der Waals surface area contributed by atoms with Crippen LogP contribution in [0.25, 0.3) is 0 Å². The number of hydrogen-bond donors (Lipinski definition) is 1. The number of nitrogens with zero attached hydrogens (tertiary/aromatic N) is 2. The van der Waals surface area contributed by atoms with Gasteiger partial charge in [0.15, 0.2) is 0 Å². The van der Waals surface area contributed by atoms with Crippen molar-refractivity contribution in [2.75, 3.05) is 6.54 Å². The predicted octanol–water partition coefficient (Wildman–Crippen LogP) is 3.80.